The number of aryl methyl sites for hydroxylation is 2. The SMILES string of the molecule is Cc1ccc(C)c(OCCn2c(=O)oc(=O)c3cccc(Cl)c32)c1. The molecule has 2 aromatic carbocycles. The van der Waals surface area contributed by atoms with Gasteiger partial charge in [0.25, 0.3) is 0 Å². The third kappa shape index (κ3) is 3.08. The van der Waals surface area contributed by atoms with Crippen LogP contribution in [-0.4, -0.2) is 11.2 Å². The van der Waals surface area contributed by atoms with Crippen molar-refractivity contribution in [1.29, 1.82) is 0 Å². The molecule has 3 rings (SSSR count). The van der Waals surface area contributed by atoms with Crippen molar-refractivity contribution < 1.29 is 9.15 Å². The smallest absolute Gasteiger partial charge is 0.422 e. The van der Waals surface area contributed by atoms with Crippen molar-refractivity contribution in [3.05, 3.63) is 73.5 Å². The molecular weight excluding hydrogens is 330 g/mol. The summed E-state index contributed by atoms with van der Waals surface area (Å²) in [6, 6.07) is 10.8. The van der Waals surface area contributed by atoms with Gasteiger partial charge in [0.15, 0.2) is 0 Å². The summed E-state index contributed by atoms with van der Waals surface area (Å²) >= 11 is 6.17. The molecule has 1 heterocycles. The zero-order valence-electron chi connectivity index (χ0n) is 13.3. The number of fused-ring (bicyclic) bond motifs is 1. The van der Waals surface area contributed by atoms with Gasteiger partial charge < -0.3 is 9.15 Å². The summed E-state index contributed by atoms with van der Waals surface area (Å²) in [6.45, 7) is 4.40. The predicted octanol–water partition coefficient (Wildman–Crippen LogP) is 3.30. The molecule has 0 amide bonds. The molecule has 0 unspecified atom stereocenters. The van der Waals surface area contributed by atoms with Crippen LogP contribution >= 0.6 is 11.6 Å². The number of ether oxygens (including phenoxy) is 1. The molecule has 0 spiro atoms. The van der Waals surface area contributed by atoms with E-state index in [1.807, 2.05) is 32.0 Å². The minimum atomic E-state index is -0.745. The van der Waals surface area contributed by atoms with E-state index in [1.165, 1.54) is 4.57 Å². The van der Waals surface area contributed by atoms with Crippen molar-refractivity contribution in [3.63, 3.8) is 0 Å². The van der Waals surface area contributed by atoms with Gasteiger partial charge in [-0.1, -0.05) is 29.8 Å². The maximum atomic E-state index is 12.1. The molecule has 0 aliphatic rings. The van der Waals surface area contributed by atoms with Crippen LogP contribution in [0.2, 0.25) is 5.02 Å². The van der Waals surface area contributed by atoms with E-state index in [4.69, 9.17) is 20.8 Å². The lowest BCUT2D eigenvalue weighted by atomic mass is 10.1. The lowest BCUT2D eigenvalue weighted by Crippen LogP contribution is -2.27. The Morgan fingerprint density at radius 3 is 2.75 bits per heavy atom. The molecule has 124 valence electrons. The van der Waals surface area contributed by atoms with Crippen molar-refractivity contribution >= 4 is 22.5 Å². The number of halogens is 1. The average Bonchev–Trinajstić information content (AvgIpc) is 2.54. The summed E-state index contributed by atoms with van der Waals surface area (Å²) < 4.78 is 11.9. The van der Waals surface area contributed by atoms with E-state index in [1.54, 1.807) is 18.2 Å². The molecule has 5 nitrogen and oxygen atoms in total. The molecular formula is C18H16ClNO4. The van der Waals surface area contributed by atoms with Crippen molar-refractivity contribution in [2.45, 2.75) is 20.4 Å². The van der Waals surface area contributed by atoms with Crippen LogP contribution in [0.3, 0.4) is 0 Å². The Labute approximate surface area is 143 Å². The van der Waals surface area contributed by atoms with Crippen LogP contribution in [-0.2, 0) is 6.54 Å². The Balaban J connectivity index is 1.92. The normalized spacial score (nSPS) is 11.0. The second kappa shape index (κ2) is 6.53. The number of rotatable bonds is 4. The predicted molar refractivity (Wildman–Crippen MR) is 93.2 cm³/mol. The minimum absolute atomic E-state index is 0.218. The van der Waals surface area contributed by atoms with Crippen molar-refractivity contribution in [3.8, 4) is 5.75 Å². The van der Waals surface area contributed by atoms with Crippen molar-refractivity contribution in [2.24, 2.45) is 0 Å². The third-order valence-corrected chi connectivity index (χ3v) is 4.10. The van der Waals surface area contributed by atoms with Gasteiger partial charge in [-0.15, -0.1) is 0 Å². The lowest BCUT2D eigenvalue weighted by molar-refractivity contribution is 0.285. The summed E-state index contributed by atoms with van der Waals surface area (Å²) in [5.74, 6) is 0.0148. The molecule has 0 aliphatic carbocycles. The van der Waals surface area contributed by atoms with Crippen LogP contribution < -0.4 is 16.1 Å². The largest absolute Gasteiger partial charge is 0.491 e. The van der Waals surface area contributed by atoms with Crippen LogP contribution in [0.15, 0.2) is 50.4 Å². The molecule has 24 heavy (non-hydrogen) atoms. The van der Waals surface area contributed by atoms with Gasteiger partial charge in [0.1, 0.15) is 12.4 Å². The maximum Gasteiger partial charge on any atom is 0.422 e. The van der Waals surface area contributed by atoms with Gasteiger partial charge in [0.2, 0.25) is 0 Å². The van der Waals surface area contributed by atoms with E-state index in [0.717, 1.165) is 16.9 Å². The Hall–Kier alpha value is -2.53. The number of benzene rings is 2. The van der Waals surface area contributed by atoms with E-state index in [9.17, 15) is 9.59 Å². The molecule has 0 fully saturated rings. The standard InChI is InChI=1S/C18H16ClNO4/c1-11-6-7-12(2)15(10-11)23-9-8-20-16-13(4-3-5-14(16)19)17(21)24-18(20)22/h3-7,10H,8-9H2,1-2H3. The van der Waals surface area contributed by atoms with Gasteiger partial charge in [-0.05, 0) is 43.2 Å². The highest BCUT2D eigenvalue weighted by molar-refractivity contribution is 6.35. The number of para-hydroxylation sites is 1. The minimum Gasteiger partial charge on any atom is -0.491 e. The Morgan fingerprint density at radius 1 is 1.17 bits per heavy atom. The average molecular weight is 346 g/mol. The first-order chi connectivity index (χ1) is 11.5. The molecule has 0 bridgehead atoms. The van der Waals surface area contributed by atoms with E-state index >= 15 is 0 Å². The van der Waals surface area contributed by atoms with Crippen molar-refractivity contribution in [2.75, 3.05) is 6.61 Å². The number of hydrogen-bond donors (Lipinski definition) is 0. The number of aromatic nitrogens is 1. The molecule has 0 saturated heterocycles. The second-order valence-electron chi connectivity index (χ2n) is 5.56. The summed E-state index contributed by atoms with van der Waals surface area (Å²) in [5, 5.41) is 0.595. The topological polar surface area (TPSA) is 61.4 Å². The van der Waals surface area contributed by atoms with Crippen LogP contribution in [0.1, 0.15) is 11.1 Å². The van der Waals surface area contributed by atoms with Crippen LogP contribution in [0.5, 0.6) is 5.75 Å². The zero-order valence-corrected chi connectivity index (χ0v) is 14.1. The lowest BCUT2D eigenvalue weighted by Gasteiger charge is -2.12. The fourth-order valence-electron chi connectivity index (χ4n) is 2.55. The van der Waals surface area contributed by atoms with Gasteiger partial charge >= 0.3 is 11.4 Å². The first kappa shape index (κ1) is 16.3. The van der Waals surface area contributed by atoms with Crippen LogP contribution in [0, 0.1) is 13.8 Å². The molecule has 1 aromatic heterocycles. The highest BCUT2D eigenvalue weighted by atomic mass is 35.5. The molecule has 0 N–H and O–H groups in total. The monoisotopic (exact) mass is 345 g/mol. The summed E-state index contributed by atoms with van der Waals surface area (Å²) in [4.78, 5) is 23.9. The number of nitrogens with zero attached hydrogens (tertiary/aromatic N) is 1. The molecule has 0 saturated carbocycles. The van der Waals surface area contributed by atoms with E-state index in [0.29, 0.717) is 10.5 Å². The fourth-order valence-corrected chi connectivity index (χ4v) is 2.82. The molecule has 0 radical (unpaired) electrons. The Morgan fingerprint density at radius 2 is 1.96 bits per heavy atom. The fraction of sp³-hybridized carbons (Fsp3) is 0.222. The summed E-state index contributed by atoms with van der Waals surface area (Å²) in [7, 11) is 0. The van der Waals surface area contributed by atoms with Gasteiger partial charge in [0.05, 0.1) is 22.5 Å². The highest BCUT2D eigenvalue weighted by Crippen LogP contribution is 2.21. The van der Waals surface area contributed by atoms with Crippen molar-refractivity contribution in [1.82, 2.24) is 4.57 Å². The quantitative estimate of drug-likeness (QED) is 0.728. The van der Waals surface area contributed by atoms with E-state index in [2.05, 4.69) is 0 Å². The Bertz CT molecular complexity index is 1020. The van der Waals surface area contributed by atoms with Crippen LogP contribution in [0.4, 0.5) is 0 Å². The van der Waals surface area contributed by atoms with Crippen LogP contribution in [0.25, 0.3) is 10.9 Å². The van der Waals surface area contributed by atoms with Gasteiger partial charge in [-0.25, -0.2) is 9.59 Å². The van der Waals surface area contributed by atoms with Gasteiger partial charge in [-0.3, -0.25) is 4.57 Å². The third-order valence-electron chi connectivity index (χ3n) is 3.79. The molecule has 0 atom stereocenters. The molecule has 3 aromatic rings. The molecule has 6 heteroatoms. The first-order valence-electron chi connectivity index (χ1n) is 7.49. The van der Waals surface area contributed by atoms with Gasteiger partial charge in [-0.2, -0.15) is 0 Å². The summed E-state index contributed by atoms with van der Waals surface area (Å²) in [5.41, 5.74) is 1.77. The summed E-state index contributed by atoms with van der Waals surface area (Å²) in [6.07, 6.45) is 0. The Kier molecular flexibility index (Phi) is 4.44. The second-order valence-corrected chi connectivity index (χ2v) is 5.97. The maximum absolute atomic E-state index is 12.1. The van der Waals surface area contributed by atoms with E-state index < -0.39 is 11.4 Å². The number of hydrogen-bond acceptors (Lipinski definition) is 4. The molecule has 0 aliphatic heterocycles. The van der Waals surface area contributed by atoms with Gasteiger partial charge in [0, 0.05) is 0 Å². The zero-order chi connectivity index (χ0) is 17.3. The highest BCUT2D eigenvalue weighted by Gasteiger charge is 2.12. The first-order valence-corrected chi connectivity index (χ1v) is 7.87. The van der Waals surface area contributed by atoms with E-state index in [-0.39, 0.29) is 18.5 Å².